The van der Waals surface area contributed by atoms with Crippen molar-refractivity contribution in [2.75, 3.05) is 49.2 Å². The first-order valence-corrected chi connectivity index (χ1v) is 6.89. The second-order valence-electron chi connectivity index (χ2n) is 4.97. The molecule has 0 saturated carbocycles. The molecule has 2 fully saturated rings. The normalized spacial score (nSPS) is 23.1. The van der Waals surface area contributed by atoms with Gasteiger partial charge in [-0.15, -0.1) is 0 Å². The van der Waals surface area contributed by atoms with E-state index in [2.05, 4.69) is 4.90 Å². The van der Waals surface area contributed by atoms with Crippen LogP contribution in [0, 0.1) is 0 Å². The number of nitrogens with zero attached hydrogens (tertiary/aromatic N) is 2. The fraction of sp³-hybridized carbons (Fsp3) is 0.500. The number of hydrogen-bond acceptors (Lipinski definition) is 5. The van der Waals surface area contributed by atoms with Crippen LogP contribution in [0.15, 0.2) is 24.3 Å². The highest BCUT2D eigenvalue weighted by Gasteiger charge is 2.31. The molecule has 2 saturated heterocycles. The molecule has 1 amide bonds. The largest absolute Gasteiger partial charge is 0.443 e. The summed E-state index contributed by atoms with van der Waals surface area (Å²) in [6, 6.07) is 7.96. The number of cyclic esters (lactones) is 1. The lowest BCUT2D eigenvalue weighted by molar-refractivity contribution is 0.122. The molecule has 0 aliphatic carbocycles. The van der Waals surface area contributed by atoms with Gasteiger partial charge in [0, 0.05) is 31.0 Å². The molecule has 2 N–H and O–H groups in total. The maximum Gasteiger partial charge on any atom is 0.414 e. The summed E-state index contributed by atoms with van der Waals surface area (Å²) in [5.74, 6) is 0. The molecule has 0 aromatic heterocycles. The minimum Gasteiger partial charge on any atom is -0.443 e. The van der Waals surface area contributed by atoms with E-state index in [4.69, 9.17) is 15.2 Å². The molecule has 108 valence electrons. The van der Waals surface area contributed by atoms with Crippen molar-refractivity contribution in [3.63, 3.8) is 0 Å². The first kappa shape index (κ1) is 13.2. The Labute approximate surface area is 118 Å². The fourth-order valence-corrected chi connectivity index (χ4v) is 2.52. The number of hydrogen-bond donors (Lipinski definition) is 1. The van der Waals surface area contributed by atoms with Crippen molar-refractivity contribution in [3.8, 4) is 0 Å². The summed E-state index contributed by atoms with van der Waals surface area (Å²) >= 11 is 0. The third-order valence-electron chi connectivity index (χ3n) is 3.67. The molecule has 2 aliphatic heterocycles. The van der Waals surface area contributed by atoms with Gasteiger partial charge in [0.1, 0.15) is 6.10 Å². The Kier molecular flexibility index (Phi) is 3.75. The van der Waals surface area contributed by atoms with Crippen LogP contribution < -0.4 is 15.5 Å². The van der Waals surface area contributed by atoms with Gasteiger partial charge >= 0.3 is 6.09 Å². The zero-order chi connectivity index (χ0) is 13.9. The lowest BCUT2D eigenvalue weighted by Gasteiger charge is -2.29. The highest BCUT2D eigenvalue weighted by molar-refractivity contribution is 5.90. The van der Waals surface area contributed by atoms with Crippen LogP contribution in [0.1, 0.15) is 0 Å². The molecule has 1 aromatic carbocycles. The topological polar surface area (TPSA) is 68.0 Å². The summed E-state index contributed by atoms with van der Waals surface area (Å²) in [4.78, 5) is 15.7. The van der Waals surface area contributed by atoms with E-state index in [-0.39, 0.29) is 12.2 Å². The summed E-state index contributed by atoms with van der Waals surface area (Å²) in [5.41, 5.74) is 7.54. The molecule has 6 heteroatoms. The number of rotatable bonds is 3. The maximum absolute atomic E-state index is 11.8. The van der Waals surface area contributed by atoms with E-state index in [9.17, 15) is 4.79 Å². The molecule has 0 bridgehead atoms. The average molecular weight is 277 g/mol. The molecule has 20 heavy (non-hydrogen) atoms. The van der Waals surface area contributed by atoms with Crippen LogP contribution in [-0.4, -0.2) is 51.6 Å². The van der Waals surface area contributed by atoms with Gasteiger partial charge in [-0.1, -0.05) is 0 Å². The summed E-state index contributed by atoms with van der Waals surface area (Å²) in [5, 5.41) is 0. The number of benzene rings is 1. The molecular weight excluding hydrogens is 258 g/mol. The molecule has 0 spiro atoms. The molecule has 0 radical (unpaired) electrons. The van der Waals surface area contributed by atoms with Crippen molar-refractivity contribution in [1.82, 2.24) is 0 Å². The number of anilines is 2. The molecule has 2 heterocycles. The first-order valence-electron chi connectivity index (χ1n) is 6.89. The van der Waals surface area contributed by atoms with E-state index in [1.807, 2.05) is 24.3 Å². The Morgan fingerprint density at radius 3 is 2.40 bits per heavy atom. The van der Waals surface area contributed by atoms with Crippen molar-refractivity contribution in [1.29, 1.82) is 0 Å². The van der Waals surface area contributed by atoms with Gasteiger partial charge in [-0.25, -0.2) is 4.79 Å². The van der Waals surface area contributed by atoms with E-state index in [0.717, 1.165) is 37.7 Å². The highest BCUT2D eigenvalue weighted by Crippen LogP contribution is 2.25. The van der Waals surface area contributed by atoms with Crippen LogP contribution in [0.3, 0.4) is 0 Å². The van der Waals surface area contributed by atoms with Gasteiger partial charge < -0.3 is 20.1 Å². The molecule has 1 atom stereocenters. The predicted octanol–water partition coefficient (Wildman–Crippen LogP) is 0.807. The van der Waals surface area contributed by atoms with Gasteiger partial charge in [0.15, 0.2) is 0 Å². The number of amides is 1. The second-order valence-corrected chi connectivity index (χ2v) is 4.97. The quantitative estimate of drug-likeness (QED) is 0.885. The molecule has 1 aromatic rings. The third kappa shape index (κ3) is 2.57. The van der Waals surface area contributed by atoms with Crippen molar-refractivity contribution in [2.24, 2.45) is 5.73 Å². The van der Waals surface area contributed by atoms with E-state index < -0.39 is 0 Å². The maximum atomic E-state index is 11.8. The van der Waals surface area contributed by atoms with E-state index in [1.165, 1.54) is 0 Å². The standard InChI is InChI=1S/C14H19N3O3/c15-9-13-10-17(14(18)20-13)12-3-1-11(2-4-12)16-5-7-19-8-6-16/h1-4,13H,5-10,15H2. The molecule has 2 aliphatic rings. The number of morpholine rings is 1. The van der Waals surface area contributed by atoms with Crippen LogP contribution in [0.4, 0.5) is 16.2 Å². The van der Waals surface area contributed by atoms with Crippen molar-refractivity contribution in [3.05, 3.63) is 24.3 Å². The van der Waals surface area contributed by atoms with Crippen LogP contribution in [0.25, 0.3) is 0 Å². The van der Waals surface area contributed by atoms with Gasteiger partial charge in [0.05, 0.1) is 19.8 Å². The molecule has 6 nitrogen and oxygen atoms in total. The van der Waals surface area contributed by atoms with Crippen LogP contribution in [0.5, 0.6) is 0 Å². The van der Waals surface area contributed by atoms with E-state index in [1.54, 1.807) is 4.90 Å². The molecular formula is C14H19N3O3. The molecule has 1 unspecified atom stereocenters. The van der Waals surface area contributed by atoms with Crippen molar-refractivity contribution >= 4 is 17.5 Å². The van der Waals surface area contributed by atoms with Gasteiger partial charge in [-0.05, 0) is 24.3 Å². The highest BCUT2D eigenvalue weighted by atomic mass is 16.6. The Bertz CT molecular complexity index is 471. The monoisotopic (exact) mass is 277 g/mol. The fourth-order valence-electron chi connectivity index (χ4n) is 2.52. The number of carbonyl (C=O) groups is 1. The van der Waals surface area contributed by atoms with E-state index >= 15 is 0 Å². The predicted molar refractivity (Wildman–Crippen MR) is 76.1 cm³/mol. The second kappa shape index (κ2) is 5.68. The van der Waals surface area contributed by atoms with Gasteiger partial charge in [-0.3, -0.25) is 4.90 Å². The Morgan fingerprint density at radius 2 is 1.80 bits per heavy atom. The smallest absolute Gasteiger partial charge is 0.414 e. The first-order chi connectivity index (χ1) is 9.78. The zero-order valence-corrected chi connectivity index (χ0v) is 11.3. The summed E-state index contributed by atoms with van der Waals surface area (Å²) < 4.78 is 10.5. The number of carbonyl (C=O) groups excluding carboxylic acids is 1. The lowest BCUT2D eigenvalue weighted by atomic mass is 10.2. The van der Waals surface area contributed by atoms with Gasteiger partial charge in [0.2, 0.25) is 0 Å². The van der Waals surface area contributed by atoms with Crippen molar-refractivity contribution in [2.45, 2.75) is 6.10 Å². The number of nitrogens with two attached hydrogens (primary N) is 1. The minimum absolute atomic E-state index is 0.207. The molecule has 3 rings (SSSR count). The Balaban J connectivity index is 1.71. The van der Waals surface area contributed by atoms with Gasteiger partial charge in [-0.2, -0.15) is 0 Å². The Morgan fingerprint density at radius 1 is 1.15 bits per heavy atom. The lowest BCUT2D eigenvalue weighted by Crippen LogP contribution is -2.36. The Hall–Kier alpha value is -1.79. The zero-order valence-electron chi connectivity index (χ0n) is 11.3. The van der Waals surface area contributed by atoms with Crippen molar-refractivity contribution < 1.29 is 14.3 Å². The van der Waals surface area contributed by atoms with Crippen LogP contribution in [-0.2, 0) is 9.47 Å². The summed E-state index contributed by atoms with van der Waals surface area (Å²) in [6.07, 6.45) is -0.527. The van der Waals surface area contributed by atoms with Crippen LogP contribution >= 0.6 is 0 Å². The SMILES string of the molecule is NCC1CN(c2ccc(N3CCOCC3)cc2)C(=O)O1. The summed E-state index contributed by atoms with van der Waals surface area (Å²) in [7, 11) is 0. The third-order valence-corrected chi connectivity index (χ3v) is 3.67. The van der Waals surface area contributed by atoms with E-state index in [0.29, 0.717) is 13.1 Å². The summed E-state index contributed by atoms with van der Waals surface area (Å²) in [6.45, 7) is 4.21. The van der Waals surface area contributed by atoms with Crippen LogP contribution in [0.2, 0.25) is 0 Å². The van der Waals surface area contributed by atoms with Gasteiger partial charge in [0.25, 0.3) is 0 Å². The average Bonchev–Trinajstić information content (AvgIpc) is 2.89. The number of ether oxygens (including phenoxy) is 2. The minimum atomic E-state index is -0.320.